The van der Waals surface area contributed by atoms with Crippen LogP contribution in [0.2, 0.25) is 60.3 Å². The van der Waals surface area contributed by atoms with Crippen molar-refractivity contribution in [2.75, 3.05) is 11.4 Å². The molecule has 4 aromatic carbocycles. The number of fused-ring (bicyclic) bond motifs is 4. The zero-order chi connectivity index (χ0) is 29.4. The van der Waals surface area contributed by atoms with Gasteiger partial charge in [-0.2, -0.15) is 0 Å². The van der Waals surface area contributed by atoms with E-state index in [2.05, 4.69) is 6.92 Å². The average Bonchev–Trinajstić information content (AvgIpc) is 2.93. The first-order valence-electron chi connectivity index (χ1n) is 11.6. The van der Waals surface area contributed by atoms with Crippen LogP contribution in [0.15, 0.2) is 0 Å². The molecule has 4 aromatic rings. The van der Waals surface area contributed by atoms with Gasteiger partial charge in [-0.1, -0.05) is 165 Å². The van der Waals surface area contributed by atoms with Crippen molar-refractivity contribution in [1.82, 2.24) is 0 Å². The zero-order valence-electron chi connectivity index (χ0n) is 19.9. The van der Waals surface area contributed by atoms with Crippen molar-refractivity contribution in [1.29, 1.82) is 0 Å². The molecule has 1 aliphatic rings. The fraction of sp³-hybridized carbons (Fsp3) is 0.231. The fourth-order valence-electron chi connectivity index (χ4n) is 4.76. The summed E-state index contributed by atoms with van der Waals surface area (Å²) in [5.74, 6) is 0.330. The Balaban J connectivity index is 1.93. The number of anilines is 2. The highest BCUT2D eigenvalue weighted by molar-refractivity contribution is 6.60. The Bertz CT molecular complexity index is 1630. The highest BCUT2D eigenvalue weighted by Gasteiger charge is 2.38. The standard InChI is InChI=1S/C26H13Cl12NO/c1-2-3-4-5-6-39-23-15(31)7-9(13(29)21(37)19(35)11(7)27)17(33)25(23)40-26-18(34)10-8(16(32)24(26)39)12(28)20(36)22(38)14(10)30/h2-6H2,1H3. The maximum Gasteiger partial charge on any atom is 0.172 e. The third kappa shape index (κ3) is 4.77. The van der Waals surface area contributed by atoms with Crippen LogP contribution >= 0.6 is 139 Å². The number of hydrogen-bond donors (Lipinski definition) is 0. The van der Waals surface area contributed by atoms with Gasteiger partial charge in [-0.15, -0.1) is 0 Å². The van der Waals surface area contributed by atoms with Crippen LogP contribution in [0, 0.1) is 0 Å². The van der Waals surface area contributed by atoms with E-state index in [0.717, 1.165) is 25.7 Å². The van der Waals surface area contributed by atoms with Crippen molar-refractivity contribution >= 4 is 172 Å². The van der Waals surface area contributed by atoms with Crippen molar-refractivity contribution in [3.05, 3.63) is 60.3 Å². The fourth-order valence-corrected chi connectivity index (χ4v) is 8.43. The molecule has 0 aliphatic carbocycles. The van der Waals surface area contributed by atoms with Gasteiger partial charge in [0.2, 0.25) is 0 Å². The van der Waals surface area contributed by atoms with Crippen LogP contribution in [0.25, 0.3) is 21.5 Å². The van der Waals surface area contributed by atoms with Gasteiger partial charge < -0.3 is 9.64 Å². The molecule has 0 unspecified atom stereocenters. The summed E-state index contributed by atoms with van der Waals surface area (Å²) in [6, 6.07) is 0. The first-order chi connectivity index (χ1) is 18.9. The molecule has 0 bridgehead atoms. The molecule has 0 saturated heterocycles. The number of rotatable bonds is 5. The van der Waals surface area contributed by atoms with Gasteiger partial charge in [0.25, 0.3) is 0 Å². The maximum absolute atomic E-state index is 7.06. The predicted molar refractivity (Wildman–Crippen MR) is 179 cm³/mol. The maximum atomic E-state index is 7.06. The lowest BCUT2D eigenvalue weighted by Crippen LogP contribution is -2.24. The molecule has 0 radical (unpaired) electrons. The molecular weight excluding hydrogens is 768 g/mol. The Morgan fingerprint density at radius 2 is 0.775 bits per heavy atom. The van der Waals surface area contributed by atoms with Crippen molar-refractivity contribution in [2.45, 2.75) is 32.6 Å². The SMILES string of the molecule is CCCCCCN1c2c(c(Cl)c3c(Cl)c(Cl)c(Cl)c(Cl)c3c2Cl)Oc2c1c(Cl)c1c(Cl)c(Cl)c(Cl)c(Cl)c1c2Cl. The Kier molecular flexibility index (Phi) is 9.65. The van der Waals surface area contributed by atoms with Crippen molar-refractivity contribution < 1.29 is 4.74 Å². The molecular formula is C26H13Cl12NO. The molecule has 14 heteroatoms. The minimum Gasteiger partial charge on any atom is -0.450 e. The normalized spacial score (nSPS) is 12.8. The quantitative estimate of drug-likeness (QED) is 0.114. The van der Waals surface area contributed by atoms with E-state index in [1.165, 1.54) is 0 Å². The first-order valence-corrected chi connectivity index (χ1v) is 16.2. The minimum absolute atomic E-state index is 0.0198. The average molecular weight is 781 g/mol. The molecule has 212 valence electrons. The van der Waals surface area contributed by atoms with Crippen LogP contribution in [-0.4, -0.2) is 6.54 Å². The summed E-state index contributed by atoms with van der Waals surface area (Å²) in [5.41, 5.74) is 0.776. The van der Waals surface area contributed by atoms with Crippen LogP contribution in [0.4, 0.5) is 11.4 Å². The summed E-state index contributed by atoms with van der Waals surface area (Å²) < 4.78 is 6.37. The minimum atomic E-state index is 0.0198. The first kappa shape index (κ1) is 31.9. The largest absolute Gasteiger partial charge is 0.450 e. The molecule has 0 spiro atoms. The molecule has 0 N–H and O–H groups in total. The van der Waals surface area contributed by atoms with Gasteiger partial charge in [0.05, 0.1) is 60.3 Å². The lowest BCUT2D eigenvalue weighted by molar-refractivity contribution is 0.474. The summed E-state index contributed by atoms with van der Waals surface area (Å²) >= 11 is 80.0. The van der Waals surface area contributed by atoms with Crippen LogP contribution in [0.5, 0.6) is 11.5 Å². The lowest BCUT2D eigenvalue weighted by Gasteiger charge is -2.36. The summed E-state index contributed by atoms with van der Waals surface area (Å²) in [6.45, 7) is 2.57. The molecule has 5 rings (SSSR count). The molecule has 1 heterocycles. The van der Waals surface area contributed by atoms with Crippen LogP contribution in [0.3, 0.4) is 0 Å². The van der Waals surface area contributed by atoms with E-state index in [-0.39, 0.29) is 82.5 Å². The van der Waals surface area contributed by atoms with Crippen molar-refractivity contribution in [2.24, 2.45) is 0 Å². The second kappa shape index (κ2) is 12.1. The van der Waals surface area contributed by atoms with E-state index in [0.29, 0.717) is 28.7 Å². The molecule has 0 aromatic heterocycles. The second-order valence-corrected chi connectivity index (χ2v) is 13.5. The van der Waals surface area contributed by atoms with E-state index in [1.807, 2.05) is 4.90 Å². The zero-order valence-corrected chi connectivity index (χ0v) is 29.0. The highest BCUT2D eigenvalue weighted by Crippen LogP contribution is 2.64. The Morgan fingerprint density at radius 3 is 1.12 bits per heavy atom. The summed E-state index contributed by atoms with van der Waals surface area (Å²) in [4.78, 5) is 1.87. The van der Waals surface area contributed by atoms with Gasteiger partial charge in [0, 0.05) is 28.1 Å². The van der Waals surface area contributed by atoms with E-state index in [4.69, 9.17) is 144 Å². The summed E-state index contributed by atoms with van der Waals surface area (Å²) in [7, 11) is 0. The smallest absolute Gasteiger partial charge is 0.172 e. The van der Waals surface area contributed by atoms with Gasteiger partial charge in [-0.05, 0) is 6.42 Å². The molecule has 40 heavy (non-hydrogen) atoms. The molecule has 0 fully saturated rings. The molecule has 2 nitrogen and oxygen atoms in total. The van der Waals surface area contributed by atoms with Crippen LogP contribution in [0.1, 0.15) is 32.6 Å². The lowest BCUT2D eigenvalue weighted by atomic mass is 10.0. The van der Waals surface area contributed by atoms with Gasteiger partial charge in [-0.25, -0.2) is 0 Å². The number of nitrogens with zero attached hydrogens (tertiary/aromatic N) is 1. The van der Waals surface area contributed by atoms with Crippen LogP contribution < -0.4 is 9.64 Å². The molecule has 0 amide bonds. The van der Waals surface area contributed by atoms with E-state index in [1.54, 1.807) is 0 Å². The Labute approximate surface area is 290 Å². The Morgan fingerprint density at radius 1 is 0.425 bits per heavy atom. The monoisotopic (exact) mass is 775 g/mol. The molecule has 0 saturated carbocycles. The van der Waals surface area contributed by atoms with Crippen molar-refractivity contribution in [3.8, 4) is 11.5 Å². The van der Waals surface area contributed by atoms with Gasteiger partial charge >= 0.3 is 0 Å². The number of unbranched alkanes of at least 4 members (excludes halogenated alkanes) is 3. The summed E-state index contributed by atoms with van der Waals surface area (Å²) in [5, 5.41) is 2.04. The topological polar surface area (TPSA) is 12.5 Å². The molecule has 0 atom stereocenters. The van der Waals surface area contributed by atoms with E-state index < -0.39 is 0 Å². The summed E-state index contributed by atoms with van der Waals surface area (Å²) in [6.07, 6.45) is 3.74. The molecule has 1 aliphatic heterocycles. The number of hydrogen-bond acceptors (Lipinski definition) is 2. The second-order valence-electron chi connectivity index (χ2n) is 8.94. The Hall–Kier alpha value is 0.480. The van der Waals surface area contributed by atoms with E-state index in [9.17, 15) is 0 Å². The third-order valence-electron chi connectivity index (χ3n) is 6.64. The third-order valence-corrected chi connectivity index (χ3v) is 11.7. The van der Waals surface area contributed by atoms with Crippen LogP contribution in [-0.2, 0) is 0 Å². The number of ether oxygens (including phenoxy) is 1. The van der Waals surface area contributed by atoms with E-state index >= 15 is 0 Å². The van der Waals surface area contributed by atoms with Crippen molar-refractivity contribution in [3.63, 3.8) is 0 Å². The van der Waals surface area contributed by atoms with Gasteiger partial charge in [0.1, 0.15) is 11.4 Å². The predicted octanol–water partition coefficient (Wildman–Crippen LogP) is 15.7. The number of benzene rings is 4. The van der Waals surface area contributed by atoms with Gasteiger partial charge in [0.15, 0.2) is 11.5 Å². The number of halogens is 12. The van der Waals surface area contributed by atoms with Gasteiger partial charge in [-0.3, -0.25) is 0 Å². The highest BCUT2D eigenvalue weighted by atomic mass is 35.5.